The van der Waals surface area contributed by atoms with Gasteiger partial charge in [0.1, 0.15) is 9.88 Å². The highest BCUT2D eigenvalue weighted by Gasteiger charge is 2.18. The zero-order valence-corrected chi connectivity index (χ0v) is 17.6. The van der Waals surface area contributed by atoms with Gasteiger partial charge < -0.3 is 0 Å². The lowest BCUT2D eigenvalue weighted by molar-refractivity contribution is 0.0848. The Hall–Kier alpha value is -3.04. The van der Waals surface area contributed by atoms with E-state index >= 15 is 0 Å². The highest BCUT2D eigenvalue weighted by atomic mass is 32.2. The third-order valence-electron chi connectivity index (χ3n) is 4.19. The van der Waals surface area contributed by atoms with Crippen LogP contribution in [0.5, 0.6) is 0 Å². The lowest BCUT2D eigenvalue weighted by Gasteiger charge is -2.10. The highest BCUT2D eigenvalue weighted by Crippen LogP contribution is 2.27. The molecule has 0 aliphatic heterocycles. The van der Waals surface area contributed by atoms with Gasteiger partial charge in [-0.3, -0.25) is 20.4 Å². The van der Waals surface area contributed by atoms with Gasteiger partial charge in [-0.1, -0.05) is 36.4 Å². The highest BCUT2D eigenvalue weighted by molar-refractivity contribution is 7.90. The van der Waals surface area contributed by atoms with E-state index in [-0.39, 0.29) is 10.5 Å². The summed E-state index contributed by atoms with van der Waals surface area (Å²) in [5.41, 5.74) is 6.91. The van der Waals surface area contributed by atoms with Crippen LogP contribution < -0.4 is 10.9 Å². The van der Waals surface area contributed by atoms with Crippen molar-refractivity contribution in [1.82, 2.24) is 15.8 Å². The van der Waals surface area contributed by atoms with E-state index in [9.17, 15) is 18.0 Å². The molecule has 3 rings (SSSR count). The standard InChI is InChI=1S/C20H19N3O4S2/c1-12-9-10-15(29(3,26)27)11-16(12)18(24)22-23-19(25)17-13(2)21-20(28-17)14-7-5-4-6-8-14/h4-11H,1-3H3,(H,22,24)(H,23,25). The molecular formula is C20H19N3O4S2. The Morgan fingerprint density at radius 3 is 2.28 bits per heavy atom. The van der Waals surface area contributed by atoms with Gasteiger partial charge in [0.15, 0.2) is 9.84 Å². The van der Waals surface area contributed by atoms with Crippen molar-refractivity contribution in [2.24, 2.45) is 0 Å². The number of amides is 2. The number of nitrogens with zero attached hydrogens (tertiary/aromatic N) is 1. The number of carbonyl (C=O) groups is 2. The second-order valence-electron chi connectivity index (χ2n) is 6.46. The summed E-state index contributed by atoms with van der Waals surface area (Å²) in [6, 6.07) is 13.8. The van der Waals surface area contributed by atoms with Crippen LogP contribution in [-0.2, 0) is 9.84 Å². The Labute approximate surface area is 172 Å². The van der Waals surface area contributed by atoms with E-state index < -0.39 is 21.7 Å². The molecule has 0 aliphatic rings. The summed E-state index contributed by atoms with van der Waals surface area (Å²) in [7, 11) is -3.45. The Balaban J connectivity index is 1.75. The number of carbonyl (C=O) groups excluding carboxylic acids is 2. The summed E-state index contributed by atoms with van der Waals surface area (Å²) in [5.74, 6) is -1.10. The lowest BCUT2D eigenvalue weighted by atomic mass is 10.1. The maximum Gasteiger partial charge on any atom is 0.281 e. The van der Waals surface area contributed by atoms with E-state index in [1.54, 1.807) is 19.9 Å². The van der Waals surface area contributed by atoms with Crippen molar-refractivity contribution in [2.45, 2.75) is 18.7 Å². The predicted octanol–water partition coefficient (Wildman–Crippen LogP) is 2.91. The molecule has 0 fully saturated rings. The van der Waals surface area contributed by atoms with Crippen LogP contribution in [0, 0.1) is 13.8 Å². The van der Waals surface area contributed by atoms with Crippen molar-refractivity contribution < 1.29 is 18.0 Å². The topological polar surface area (TPSA) is 105 Å². The lowest BCUT2D eigenvalue weighted by Crippen LogP contribution is -2.41. The van der Waals surface area contributed by atoms with Gasteiger partial charge in [0, 0.05) is 17.4 Å². The number of hydrogen-bond acceptors (Lipinski definition) is 6. The molecule has 7 nitrogen and oxygen atoms in total. The van der Waals surface area contributed by atoms with Crippen LogP contribution in [0.2, 0.25) is 0 Å². The van der Waals surface area contributed by atoms with Gasteiger partial charge in [-0.25, -0.2) is 13.4 Å². The van der Waals surface area contributed by atoms with Gasteiger partial charge in [-0.05, 0) is 31.5 Å². The molecule has 0 spiro atoms. The molecule has 1 aromatic heterocycles. The summed E-state index contributed by atoms with van der Waals surface area (Å²) < 4.78 is 23.4. The molecule has 9 heteroatoms. The molecule has 0 saturated carbocycles. The number of rotatable bonds is 4. The van der Waals surface area contributed by atoms with Crippen molar-refractivity contribution in [1.29, 1.82) is 0 Å². The van der Waals surface area contributed by atoms with Gasteiger partial charge in [0.05, 0.1) is 10.6 Å². The maximum absolute atomic E-state index is 12.5. The summed E-state index contributed by atoms with van der Waals surface area (Å²) in [4.78, 5) is 29.8. The Kier molecular flexibility index (Phi) is 5.81. The number of hydrogen-bond donors (Lipinski definition) is 2. The molecule has 2 N–H and O–H groups in total. The summed E-state index contributed by atoms with van der Waals surface area (Å²) >= 11 is 1.22. The molecule has 0 radical (unpaired) electrons. The van der Waals surface area contributed by atoms with E-state index in [4.69, 9.17) is 0 Å². The first-order valence-corrected chi connectivity index (χ1v) is 11.3. The third-order valence-corrected chi connectivity index (χ3v) is 6.51. The zero-order chi connectivity index (χ0) is 21.2. The van der Waals surface area contributed by atoms with Crippen LogP contribution in [0.15, 0.2) is 53.4 Å². The Morgan fingerprint density at radius 2 is 1.62 bits per heavy atom. The number of nitrogens with one attached hydrogen (secondary N) is 2. The summed E-state index contributed by atoms with van der Waals surface area (Å²) in [6.45, 7) is 3.40. The fourth-order valence-corrected chi connectivity index (χ4v) is 4.24. The minimum absolute atomic E-state index is 0.0328. The molecule has 2 aromatic carbocycles. The zero-order valence-electron chi connectivity index (χ0n) is 16.0. The molecule has 0 aliphatic carbocycles. The molecule has 2 amide bonds. The van der Waals surface area contributed by atoms with Crippen molar-refractivity contribution in [3.63, 3.8) is 0 Å². The van der Waals surface area contributed by atoms with Crippen molar-refractivity contribution in [2.75, 3.05) is 6.26 Å². The Bertz CT molecular complexity index is 1190. The number of hydrazine groups is 1. The maximum atomic E-state index is 12.5. The first-order valence-electron chi connectivity index (χ1n) is 8.61. The molecule has 0 unspecified atom stereocenters. The number of aryl methyl sites for hydroxylation is 2. The molecule has 0 bridgehead atoms. The van der Waals surface area contributed by atoms with Crippen LogP contribution in [0.25, 0.3) is 10.6 Å². The number of benzene rings is 2. The van der Waals surface area contributed by atoms with Crippen molar-refractivity contribution >= 4 is 33.0 Å². The summed E-state index contributed by atoms with van der Waals surface area (Å²) in [6.07, 6.45) is 1.07. The van der Waals surface area contributed by atoms with E-state index in [0.717, 1.165) is 11.8 Å². The molecule has 0 atom stereocenters. The monoisotopic (exact) mass is 429 g/mol. The molecule has 0 saturated heterocycles. The van der Waals surface area contributed by atoms with Crippen LogP contribution in [0.1, 0.15) is 31.3 Å². The van der Waals surface area contributed by atoms with Crippen LogP contribution in [0.3, 0.4) is 0 Å². The van der Waals surface area contributed by atoms with Crippen LogP contribution >= 0.6 is 11.3 Å². The molecule has 29 heavy (non-hydrogen) atoms. The average molecular weight is 430 g/mol. The van der Waals surface area contributed by atoms with Gasteiger partial charge in [0.2, 0.25) is 0 Å². The second-order valence-corrected chi connectivity index (χ2v) is 9.47. The first-order chi connectivity index (χ1) is 13.7. The fraction of sp³-hybridized carbons (Fsp3) is 0.150. The SMILES string of the molecule is Cc1ccc(S(C)(=O)=O)cc1C(=O)NNC(=O)c1sc(-c2ccccc2)nc1C. The molecular weight excluding hydrogens is 410 g/mol. The number of aromatic nitrogens is 1. The minimum atomic E-state index is -3.45. The summed E-state index contributed by atoms with van der Waals surface area (Å²) in [5, 5.41) is 0.705. The van der Waals surface area contributed by atoms with E-state index in [0.29, 0.717) is 21.1 Å². The van der Waals surface area contributed by atoms with Gasteiger partial charge in [-0.2, -0.15) is 0 Å². The first kappa shape index (κ1) is 20.7. The minimum Gasteiger partial charge on any atom is -0.267 e. The molecule has 1 heterocycles. The fourth-order valence-electron chi connectivity index (χ4n) is 2.63. The van der Waals surface area contributed by atoms with Crippen LogP contribution in [0.4, 0.5) is 0 Å². The molecule has 3 aromatic rings. The smallest absolute Gasteiger partial charge is 0.267 e. The van der Waals surface area contributed by atoms with Gasteiger partial charge in [-0.15, -0.1) is 11.3 Å². The largest absolute Gasteiger partial charge is 0.281 e. The second kappa shape index (κ2) is 8.14. The van der Waals surface area contributed by atoms with Crippen LogP contribution in [-0.4, -0.2) is 31.5 Å². The Morgan fingerprint density at radius 1 is 0.966 bits per heavy atom. The van der Waals surface area contributed by atoms with Gasteiger partial charge in [0.25, 0.3) is 11.8 Å². The average Bonchev–Trinajstić information content (AvgIpc) is 3.08. The predicted molar refractivity (Wildman–Crippen MR) is 112 cm³/mol. The third kappa shape index (κ3) is 4.69. The van der Waals surface area contributed by atoms with E-state index in [2.05, 4.69) is 15.8 Å². The van der Waals surface area contributed by atoms with Gasteiger partial charge >= 0.3 is 0 Å². The normalized spacial score (nSPS) is 11.1. The van der Waals surface area contributed by atoms with Crippen molar-refractivity contribution in [3.05, 3.63) is 70.2 Å². The van der Waals surface area contributed by atoms with Crippen molar-refractivity contribution in [3.8, 4) is 10.6 Å². The van der Waals surface area contributed by atoms with E-state index in [1.807, 2.05) is 30.3 Å². The molecule has 150 valence electrons. The quantitative estimate of drug-likeness (QED) is 0.621. The van der Waals surface area contributed by atoms with E-state index in [1.165, 1.54) is 23.5 Å². The number of thiazole rings is 1. The number of sulfone groups is 1.